The van der Waals surface area contributed by atoms with Crippen molar-refractivity contribution in [3.05, 3.63) is 28.2 Å². The number of nitrogens with one attached hydrogen (secondary N) is 1. The molecule has 0 fully saturated rings. The van der Waals surface area contributed by atoms with Crippen LogP contribution in [0, 0.1) is 0 Å². The van der Waals surface area contributed by atoms with E-state index in [0.717, 1.165) is 0 Å². The van der Waals surface area contributed by atoms with Crippen LogP contribution in [0.25, 0.3) is 0 Å². The third-order valence-corrected chi connectivity index (χ3v) is 3.31. The Balaban J connectivity index is 2.93. The molecule has 96 valence electrons. The molecule has 1 unspecified atom stereocenters. The lowest BCUT2D eigenvalue weighted by molar-refractivity contribution is 0.0502. The van der Waals surface area contributed by atoms with Crippen molar-refractivity contribution in [3.8, 4) is 5.75 Å². The Bertz CT molecular complexity index is 387. The van der Waals surface area contributed by atoms with Gasteiger partial charge in [0.1, 0.15) is 11.8 Å². The minimum atomic E-state index is -3.42. The molecule has 1 aromatic rings. The van der Waals surface area contributed by atoms with E-state index in [1.165, 1.54) is 7.11 Å². The van der Waals surface area contributed by atoms with Crippen molar-refractivity contribution in [1.82, 2.24) is 5.43 Å². The summed E-state index contributed by atoms with van der Waals surface area (Å²) in [6.07, 6.45) is -0.0230. The van der Waals surface area contributed by atoms with Gasteiger partial charge in [-0.15, -0.1) is 0 Å². The maximum absolute atomic E-state index is 13.0. The fourth-order valence-corrected chi connectivity index (χ4v) is 1.87. The quantitative estimate of drug-likeness (QED) is 0.496. The van der Waals surface area contributed by atoms with E-state index in [0.29, 0.717) is 15.8 Å². The standard InChI is InChI=1S/C10H12BrClF2N2O/c1-17-7-2-3-8(11)6(4-7)5-9(16-15)10(12,13)14/h2-4,9,16H,5,15H2,1H3. The summed E-state index contributed by atoms with van der Waals surface area (Å²) in [6, 6.07) is 3.73. The third-order valence-electron chi connectivity index (χ3n) is 2.27. The summed E-state index contributed by atoms with van der Waals surface area (Å²) in [6.45, 7) is 0. The number of hydrogen-bond acceptors (Lipinski definition) is 3. The van der Waals surface area contributed by atoms with Gasteiger partial charge in [-0.05, 0) is 41.8 Å². The predicted octanol–water partition coefficient (Wildman–Crippen LogP) is 2.66. The number of methoxy groups -OCH3 is 1. The number of alkyl halides is 3. The highest BCUT2D eigenvalue weighted by atomic mass is 79.9. The molecule has 0 amide bonds. The fraction of sp³-hybridized carbons (Fsp3) is 0.400. The zero-order valence-corrected chi connectivity index (χ0v) is 11.4. The van der Waals surface area contributed by atoms with Gasteiger partial charge >= 0.3 is 5.38 Å². The topological polar surface area (TPSA) is 47.3 Å². The molecule has 0 aliphatic carbocycles. The van der Waals surface area contributed by atoms with E-state index >= 15 is 0 Å². The average molecular weight is 330 g/mol. The van der Waals surface area contributed by atoms with Gasteiger partial charge in [-0.2, -0.15) is 8.78 Å². The van der Waals surface area contributed by atoms with Crippen LogP contribution in [-0.4, -0.2) is 18.5 Å². The molecular weight excluding hydrogens is 317 g/mol. The Labute approximate surface area is 111 Å². The molecule has 0 aromatic heterocycles. The van der Waals surface area contributed by atoms with Gasteiger partial charge in [0.05, 0.1) is 7.11 Å². The zero-order valence-electron chi connectivity index (χ0n) is 9.01. The molecule has 0 aliphatic rings. The maximum Gasteiger partial charge on any atom is 0.338 e. The molecule has 3 N–H and O–H groups in total. The SMILES string of the molecule is COc1ccc(Br)c(CC(NN)C(F)(F)Cl)c1. The molecule has 0 aliphatic heterocycles. The first-order valence-corrected chi connectivity index (χ1v) is 5.91. The van der Waals surface area contributed by atoms with Crippen molar-refractivity contribution in [2.24, 2.45) is 5.84 Å². The molecule has 0 saturated carbocycles. The Morgan fingerprint density at radius 1 is 1.59 bits per heavy atom. The molecule has 0 spiro atoms. The van der Waals surface area contributed by atoms with Crippen LogP contribution >= 0.6 is 27.5 Å². The summed E-state index contributed by atoms with van der Waals surface area (Å²) in [5, 5.41) is -3.42. The van der Waals surface area contributed by atoms with E-state index in [9.17, 15) is 8.78 Å². The number of halogens is 4. The molecule has 0 saturated heterocycles. The van der Waals surface area contributed by atoms with Crippen molar-refractivity contribution >= 4 is 27.5 Å². The monoisotopic (exact) mass is 328 g/mol. The van der Waals surface area contributed by atoms with Crippen LogP contribution in [0.2, 0.25) is 0 Å². The maximum atomic E-state index is 13.0. The van der Waals surface area contributed by atoms with Gasteiger partial charge in [0.15, 0.2) is 0 Å². The van der Waals surface area contributed by atoms with Gasteiger partial charge in [0, 0.05) is 4.47 Å². The van der Waals surface area contributed by atoms with E-state index in [-0.39, 0.29) is 6.42 Å². The highest BCUT2D eigenvalue weighted by molar-refractivity contribution is 9.10. The smallest absolute Gasteiger partial charge is 0.338 e. The highest BCUT2D eigenvalue weighted by Crippen LogP contribution is 2.29. The molecule has 7 heteroatoms. The van der Waals surface area contributed by atoms with E-state index in [1.54, 1.807) is 18.2 Å². The molecule has 1 rings (SSSR count). The van der Waals surface area contributed by atoms with E-state index in [1.807, 2.05) is 5.43 Å². The lowest BCUT2D eigenvalue weighted by Gasteiger charge is -2.21. The van der Waals surface area contributed by atoms with Crippen LogP contribution in [-0.2, 0) is 6.42 Å². The largest absolute Gasteiger partial charge is 0.497 e. The van der Waals surface area contributed by atoms with Crippen LogP contribution in [0.1, 0.15) is 5.56 Å². The Hall–Kier alpha value is -0.430. The van der Waals surface area contributed by atoms with E-state index in [4.69, 9.17) is 22.2 Å². The Morgan fingerprint density at radius 3 is 2.71 bits per heavy atom. The number of rotatable bonds is 5. The summed E-state index contributed by atoms with van der Waals surface area (Å²) in [4.78, 5) is 0. The molecule has 1 aromatic carbocycles. The molecule has 0 bridgehead atoms. The van der Waals surface area contributed by atoms with Crippen molar-refractivity contribution < 1.29 is 13.5 Å². The van der Waals surface area contributed by atoms with Crippen molar-refractivity contribution in [3.63, 3.8) is 0 Å². The molecular formula is C10H12BrClF2N2O. The first-order valence-electron chi connectivity index (χ1n) is 4.73. The van der Waals surface area contributed by atoms with Crippen molar-refractivity contribution in [2.75, 3.05) is 7.11 Å². The minimum Gasteiger partial charge on any atom is -0.497 e. The van der Waals surface area contributed by atoms with Gasteiger partial charge in [-0.3, -0.25) is 5.84 Å². The predicted molar refractivity (Wildman–Crippen MR) is 66.3 cm³/mol. The Morgan fingerprint density at radius 2 is 2.24 bits per heavy atom. The second-order valence-corrected chi connectivity index (χ2v) is 4.78. The van der Waals surface area contributed by atoms with Crippen molar-refractivity contribution in [1.29, 1.82) is 0 Å². The molecule has 3 nitrogen and oxygen atoms in total. The minimum absolute atomic E-state index is 0.0230. The lowest BCUT2D eigenvalue weighted by Crippen LogP contribution is -2.47. The highest BCUT2D eigenvalue weighted by Gasteiger charge is 2.36. The molecule has 17 heavy (non-hydrogen) atoms. The zero-order chi connectivity index (χ0) is 13.1. The summed E-state index contributed by atoms with van der Waals surface area (Å²) in [5.74, 6) is 5.65. The first-order chi connectivity index (χ1) is 7.88. The van der Waals surface area contributed by atoms with Crippen molar-refractivity contribution in [2.45, 2.75) is 17.8 Å². The number of hydrogen-bond donors (Lipinski definition) is 2. The van der Waals surface area contributed by atoms with Crippen LogP contribution in [0.15, 0.2) is 22.7 Å². The summed E-state index contributed by atoms with van der Waals surface area (Å²) < 4.78 is 31.6. The van der Waals surface area contributed by atoms with Gasteiger partial charge in [0.25, 0.3) is 0 Å². The second kappa shape index (κ2) is 5.95. The van der Waals surface area contributed by atoms with Crippen LogP contribution in [0.5, 0.6) is 5.75 Å². The first kappa shape index (κ1) is 14.6. The van der Waals surface area contributed by atoms with Crippen LogP contribution in [0.3, 0.4) is 0 Å². The number of ether oxygens (including phenoxy) is 1. The number of hydrazine groups is 1. The average Bonchev–Trinajstić information content (AvgIpc) is 2.26. The number of benzene rings is 1. The number of nitrogens with two attached hydrogens (primary N) is 1. The summed E-state index contributed by atoms with van der Waals surface area (Å²) in [5.41, 5.74) is 2.64. The van der Waals surface area contributed by atoms with E-state index in [2.05, 4.69) is 15.9 Å². The fourth-order valence-electron chi connectivity index (χ4n) is 1.32. The normalized spacial score (nSPS) is 13.5. The van der Waals surface area contributed by atoms with E-state index < -0.39 is 11.4 Å². The molecule has 1 atom stereocenters. The summed E-state index contributed by atoms with van der Waals surface area (Å²) >= 11 is 8.22. The second-order valence-electron chi connectivity index (χ2n) is 3.42. The van der Waals surface area contributed by atoms with Gasteiger partial charge in [0.2, 0.25) is 0 Å². The molecule has 0 heterocycles. The van der Waals surface area contributed by atoms with Crippen LogP contribution < -0.4 is 16.0 Å². The Kier molecular flexibility index (Phi) is 5.12. The van der Waals surface area contributed by atoms with Crippen LogP contribution in [0.4, 0.5) is 8.78 Å². The van der Waals surface area contributed by atoms with Gasteiger partial charge < -0.3 is 4.74 Å². The summed E-state index contributed by atoms with van der Waals surface area (Å²) in [7, 11) is 1.50. The third kappa shape index (κ3) is 4.06. The molecule has 0 radical (unpaired) electrons. The van der Waals surface area contributed by atoms with Gasteiger partial charge in [-0.25, -0.2) is 5.43 Å². The van der Waals surface area contributed by atoms with Gasteiger partial charge in [-0.1, -0.05) is 15.9 Å². The lowest BCUT2D eigenvalue weighted by atomic mass is 10.1.